The van der Waals surface area contributed by atoms with Crippen molar-refractivity contribution in [3.63, 3.8) is 0 Å². The molecule has 0 atom stereocenters. The zero-order valence-electron chi connectivity index (χ0n) is 12.1. The molecule has 0 saturated heterocycles. The zero-order valence-corrected chi connectivity index (χ0v) is 12.1. The minimum Gasteiger partial charge on any atom is -0.467 e. The van der Waals surface area contributed by atoms with Crippen LogP contribution in [-0.2, 0) is 17.9 Å². The van der Waals surface area contributed by atoms with Crippen molar-refractivity contribution in [3.8, 4) is 0 Å². The molecule has 0 bridgehead atoms. The summed E-state index contributed by atoms with van der Waals surface area (Å²) in [5.41, 5.74) is 1.01. The Balaban J connectivity index is 1.52. The van der Waals surface area contributed by atoms with Crippen LogP contribution in [0.4, 0.5) is 0 Å². The summed E-state index contributed by atoms with van der Waals surface area (Å²) in [4.78, 5) is 4.15. The smallest absolute Gasteiger partial charge is 0.191 e. The Morgan fingerprint density at radius 3 is 3.10 bits per heavy atom. The van der Waals surface area contributed by atoms with Gasteiger partial charge in [0.1, 0.15) is 12.4 Å². The maximum absolute atomic E-state index is 5.51. The fourth-order valence-electron chi connectivity index (χ4n) is 1.73. The first-order valence-corrected chi connectivity index (χ1v) is 6.91. The molecule has 114 valence electrons. The number of nitrogens with one attached hydrogen (secondary N) is 3. The van der Waals surface area contributed by atoms with E-state index in [1.165, 1.54) is 0 Å². The van der Waals surface area contributed by atoms with Gasteiger partial charge in [-0.1, -0.05) is 0 Å². The zero-order chi connectivity index (χ0) is 14.8. The van der Waals surface area contributed by atoms with Gasteiger partial charge in [0, 0.05) is 26.4 Å². The van der Waals surface area contributed by atoms with Crippen LogP contribution < -0.4 is 10.6 Å². The fraction of sp³-hybridized carbons (Fsp3) is 0.429. The van der Waals surface area contributed by atoms with E-state index in [0.29, 0.717) is 19.8 Å². The molecule has 7 heteroatoms. The molecule has 0 aliphatic rings. The van der Waals surface area contributed by atoms with Crippen LogP contribution >= 0.6 is 0 Å². The topological polar surface area (TPSA) is 87.5 Å². The Hall–Kier alpha value is -2.28. The number of aromatic amines is 1. The monoisotopic (exact) mass is 291 g/mol. The van der Waals surface area contributed by atoms with Crippen LogP contribution in [0, 0.1) is 0 Å². The third kappa shape index (κ3) is 5.70. The molecule has 0 aliphatic heterocycles. The number of aromatic nitrogens is 2. The molecule has 7 nitrogen and oxygen atoms in total. The predicted octanol–water partition coefficient (Wildman–Crippen LogP) is 1.27. The van der Waals surface area contributed by atoms with Gasteiger partial charge in [0.25, 0.3) is 0 Å². The number of aliphatic imine (C=N–C) groups is 1. The van der Waals surface area contributed by atoms with Crippen molar-refractivity contribution in [2.75, 3.05) is 20.2 Å². The van der Waals surface area contributed by atoms with Crippen molar-refractivity contribution in [2.45, 2.75) is 19.6 Å². The van der Waals surface area contributed by atoms with Crippen LogP contribution in [0.25, 0.3) is 0 Å². The van der Waals surface area contributed by atoms with Crippen molar-refractivity contribution in [1.82, 2.24) is 20.8 Å². The van der Waals surface area contributed by atoms with Gasteiger partial charge in [-0.05, 0) is 24.6 Å². The lowest BCUT2D eigenvalue weighted by Crippen LogP contribution is -2.37. The molecule has 2 aromatic rings. The lowest BCUT2D eigenvalue weighted by molar-refractivity contribution is 0.105. The molecule has 0 spiro atoms. The van der Waals surface area contributed by atoms with E-state index in [2.05, 4.69) is 25.8 Å². The summed E-state index contributed by atoms with van der Waals surface area (Å²) in [5, 5.41) is 13.2. The number of nitrogens with zero attached hydrogens (tertiary/aromatic N) is 2. The normalized spacial score (nSPS) is 11.6. The first-order chi connectivity index (χ1) is 10.4. The van der Waals surface area contributed by atoms with E-state index in [-0.39, 0.29) is 0 Å². The van der Waals surface area contributed by atoms with Gasteiger partial charge in [-0.2, -0.15) is 5.10 Å². The van der Waals surface area contributed by atoms with Crippen LogP contribution in [0.3, 0.4) is 0 Å². The van der Waals surface area contributed by atoms with Gasteiger partial charge >= 0.3 is 0 Å². The molecule has 21 heavy (non-hydrogen) atoms. The first-order valence-electron chi connectivity index (χ1n) is 6.91. The van der Waals surface area contributed by atoms with Crippen molar-refractivity contribution in [3.05, 3.63) is 42.1 Å². The van der Waals surface area contributed by atoms with E-state index >= 15 is 0 Å². The molecule has 3 N–H and O–H groups in total. The summed E-state index contributed by atoms with van der Waals surface area (Å²) < 4.78 is 10.7. The third-order valence-electron chi connectivity index (χ3n) is 2.81. The summed E-state index contributed by atoms with van der Waals surface area (Å²) in [6, 6.07) is 5.68. The molecule has 0 unspecified atom stereocenters. The van der Waals surface area contributed by atoms with E-state index in [0.717, 1.165) is 30.4 Å². The predicted molar refractivity (Wildman–Crippen MR) is 79.8 cm³/mol. The quantitative estimate of drug-likeness (QED) is 0.387. The Morgan fingerprint density at radius 2 is 2.38 bits per heavy atom. The number of hydrogen-bond donors (Lipinski definition) is 3. The Bertz CT molecular complexity index is 507. The third-order valence-corrected chi connectivity index (χ3v) is 2.81. The second-order valence-electron chi connectivity index (χ2n) is 4.42. The highest BCUT2D eigenvalue weighted by Gasteiger charge is 1.99. The Morgan fingerprint density at radius 1 is 1.43 bits per heavy atom. The number of guanidine groups is 1. The molecule has 0 fully saturated rings. The number of hydrogen-bond acceptors (Lipinski definition) is 4. The maximum Gasteiger partial charge on any atom is 0.191 e. The highest BCUT2D eigenvalue weighted by molar-refractivity contribution is 5.79. The second kappa shape index (κ2) is 8.80. The lowest BCUT2D eigenvalue weighted by atomic mass is 10.4. The largest absolute Gasteiger partial charge is 0.467 e. The molecule has 0 aliphatic carbocycles. The van der Waals surface area contributed by atoms with E-state index in [9.17, 15) is 0 Å². The second-order valence-corrected chi connectivity index (χ2v) is 4.42. The molecule has 0 saturated carbocycles. The van der Waals surface area contributed by atoms with Gasteiger partial charge < -0.3 is 19.8 Å². The van der Waals surface area contributed by atoms with Crippen molar-refractivity contribution in [2.24, 2.45) is 4.99 Å². The highest BCUT2D eigenvalue weighted by Crippen LogP contribution is 2.01. The summed E-state index contributed by atoms with van der Waals surface area (Å²) in [7, 11) is 1.75. The molecule has 2 rings (SSSR count). The molecular weight excluding hydrogens is 270 g/mol. The number of rotatable bonds is 8. The van der Waals surface area contributed by atoms with Crippen molar-refractivity contribution >= 4 is 5.96 Å². The van der Waals surface area contributed by atoms with Gasteiger partial charge in [0.15, 0.2) is 5.96 Å². The van der Waals surface area contributed by atoms with E-state index in [1.807, 2.05) is 18.2 Å². The number of ether oxygens (including phenoxy) is 1. The summed E-state index contributed by atoms with van der Waals surface area (Å²) in [6.07, 6.45) is 4.27. The van der Waals surface area contributed by atoms with Crippen molar-refractivity contribution in [1.29, 1.82) is 0 Å². The molecule has 2 heterocycles. The molecule has 0 aromatic carbocycles. The Kier molecular flexibility index (Phi) is 6.34. The SMILES string of the molecule is CN=C(NCCCOCc1ccco1)NCc1ccn[nH]1. The summed E-state index contributed by atoms with van der Waals surface area (Å²) >= 11 is 0. The van der Waals surface area contributed by atoms with Crippen LogP contribution in [0.5, 0.6) is 0 Å². The number of H-pyrrole nitrogens is 1. The molecule has 2 aromatic heterocycles. The van der Waals surface area contributed by atoms with E-state index < -0.39 is 0 Å². The first kappa shape index (κ1) is 15.1. The standard InChI is InChI=1S/C14H21N5O2/c1-15-14(17-10-12-5-7-18-19-12)16-6-3-8-20-11-13-4-2-9-21-13/h2,4-5,7,9H,3,6,8,10-11H2,1H3,(H,18,19)(H2,15,16,17). The average Bonchev–Trinajstić information content (AvgIpc) is 3.19. The van der Waals surface area contributed by atoms with Gasteiger partial charge in [-0.3, -0.25) is 10.1 Å². The van der Waals surface area contributed by atoms with Gasteiger partial charge in [0.05, 0.1) is 18.5 Å². The van der Waals surface area contributed by atoms with E-state index in [1.54, 1.807) is 19.5 Å². The maximum atomic E-state index is 5.51. The van der Waals surface area contributed by atoms with Crippen LogP contribution in [0.2, 0.25) is 0 Å². The van der Waals surface area contributed by atoms with Crippen LogP contribution in [0.1, 0.15) is 17.9 Å². The lowest BCUT2D eigenvalue weighted by Gasteiger charge is -2.11. The van der Waals surface area contributed by atoms with Crippen LogP contribution in [0.15, 0.2) is 40.1 Å². The summed E-state index contributed by atoms with van der Waals surface area (Å²) in [5.74, 6) is 1.61. The minimum atomic E-state index is 0.514. The molecular formula is C14H21N5O2. The molecule has 0 radical (unpaired) electrons. The van der Waals surface area contributed by atoms with Gasteiger partial charge in [-0.15, -0.1) is 0 Å². The highest BCUT2D eigenvalue weighted by atomic mass is 16.5. The van der Waals surface area contributed by atoms with Crippen LogP contribution in [-0.4, -0.2) is 36.4 Å². The Labute approximate surface area is 123 Å². The fourth-order valence-corrected chi connectivity index (χ4v) is 1.73. The van der Waals surface area contributed by atoms with Crippen molar-refractivity contribution < 1.29 is 9.15 Å². The molecule has 0 amide bonds. The van der Waals surface area contributed by atoms with Gasteiger partial charge in [0.2, 0.25) is 0 Å². The minimum absolute atomic E-state index is 0.514. The summed E-state index contributed by atoms with van der Waals surface area (Å²) in [6.45, 7) is 2.64. The van der Waals surface area contributed by atoms with E-state index in [4.69, 9.17) is 9.15 Å². The average molecular weight is 291 g/mol. The number of furan rings is 1. The van der Waals surface area contributed by atoms with Gasteiger partial charge in [-0.25, -0.2) is 0 Å².